The number of rotatable bonds is 4. The van der Waals surface area contributed by atoms with Crippen LogP contribution in [0, 0.1) is 17.8 Å². The molecule has 0 aromatic heterocycles. The van der Waals surface area contributed by atoms with Crippen LogP contribution in [0.25, 0.3) is 0 Å². The normalized spacial score (nSPS) is 19.1. The Morgan fingerprint density at radius 1 is 1.56 bits per heavy atom. The van der Waals surface area contributed by atoms with Gasteiger partial charge in [-0.05, 0) is 32.6 Å². The second kappa shape index (κ2) is 7.05. The zero-order chi connectivity index (χ0) is 11.8. The van der Waals surface area contributed by atoms with E-state index >= 15 is 0 Å². The third-order valence-electron chi connectivity index (χ3n) is 2.75. The van der Waals surface area contributed by atoms with E-state index < -0.39 is 5.97 Å². The summed E-state index contributed by atoms with van der Waals surface area (Å²) in [5.41, 5.74) is 0. The predicted octanol–water partition coefficient (Wildman–Crippen LogP) is 2.09. The van der Waals surface area contributed by atoms with Crippen molar-refractivity contribution >= 4 is 11.8 Å². The molecule has 88 valence electrons. The Kier molecular flexibility index (Phi) is 5.63. The zero-order valence-electron chi connectivity index (χ0n) is 9.75. The molecule has 1 aliphatic rings. The summed E-state index contributed by atoms with van der Waals surface area (Å²) in [5, 5.41) is 0. The molecule has 0 spiro atoms. The molecular formula is C13H18O3. The van der Waals surface area contributed by atoms with Crippen LogP contribution in [0.3, 0.4) is 0 Å². The highest BCUT2D eigenvalue weighted by molar-refractivity contribution is 5.88. The van der Waals surface area contributed by atoms with Gasteiger partial charge < -0.3 is 4.74 Å². The van der Waals surface area contributed by atoms with Crippen LogP contribution in [0.15, 0.2) is 0 Å². The molecule has 0 saturated heterocycles. The molecule has 0 aliphatic heterocycles. The fourth-order valence-electron chi connectivity index (χ4n) is 1.93. The standard InChI is InChI=1S/C13H18O3/c1-2-16-13(15)10-5-3-4-7-11-8-6-9-12(11)14/h11H,2-4,6-9H2,1H3. The van der Waals surface area contributed by atoms with Gasteiger partial charge in [0, 0.05) is 24.7 Å². The monoisotopic (exact) mass is 222 g/mol. The number of hydrogen-bond acceptors (Lipinski definition) is 3. The summed E-state index contributed by atoms with van der Waals surface area (Å²) in [4.78, 5) is 22.2. The van der Waals surface area contributed by atoms with Crippen molar-refractivity contribution < 1.29 is 14.3 Å². The lowest BCUT2D eigenvalue weighted by Gasteiger charge is -2.04. The first-order valence-electron chi connectivity index (χ1n) is 5.92. The van der Waals surface area contributed by atoms with Crippen LogP contribution < -0.4 is 0 Å². The number of esters is 1. The SMILES string of the molecule is CCOC(=O)C#CCCCC1CCCC1=O. The second-order valence-electron chi connectivity index (χ2n) is 3.97. The lowest BCUT2D eigenvalue weighted by atomic mass is 10.00. The minimum absolute atomic E-state index is 0.254. The second-order valence-corrected chi connectivity index (χ2v) is 3.97. The van der Waals surface area contributed by atoms with Crippen LogP contribution in [0.1, 0.15) is 45.4 Å². The molecule has 0 heterocycles. The Labute approximate surface area is 96.5 Å². The van der Waals surface area contributed by atoms with Crippen LogP contribution in [0.5, 0.6) is 0 Å². The first kappa shape index (κ1) is 12.8. The zero-order valence-corrected chi connectivity index (χ0v) is 9.75. The van der Waals surface area contributed by atoms with Gasteiger partial charge in [-0.25, -0.2) is 4.79 Å². The Balaban J connectivity index is 2.11. The molecule has 0 amide bonds. The van der Waals surface area contributed by atoms with Crippen molar-refractivity contribution in [1.29, 1.82) is 0 Å². The van der Waals surface area contributed by atoms with Crippen molar-refractivity contribution in [3.63, 3.8) is 0 Å². The number of Topliss-reactive ketones (excluding diaryl/α,β-unsaturated/α-hetero) is 1. The van der Waals surface area contributed by atoms with Gasteiger partial charge in [0.05, 0.1) is 6.61 Å². The Bertz CT molecular complexity index is 309. The fraction of sp³-hybridized carbons (Fsp3) is 0.692. The van der Waals surface area contributed by atoms with Gasteiger partial charge in [-0.1, -0.05) is 5.92 Å². The van der Waals surface area contributed by atoms with Gasteiger partial charge in [-0.15, -0.1) is 0 Å². The van der Waals surface area contributed by atoms with Gasteiger partial charge in [-0.2, -0.15) is 0 Å². The molecule has 16 heavy (non-hydrogen) atoms. The molecule has 3 nitrogen and oxygen atoms in total. The van der Waals surface area contributed by atoms with Gasteiger partial charge in [0.15, 0.2) is 0 Å². The van der Waals surface area contributed by atoms with Gasteiger partial charge in [-0.3, -0.25) is 4.79 Å². The average Bonchev–Trinajstić information content (AvgIpc) is 2.64. The number of unbranched alkanes of at least 4 members (excludes halogenated alkanes) is 1. The van der Waals surface area contributed by atoms with Gasteiger partial charge in [0.2, 0.25) is 0 Å². The van der Waals surface area contributed by atoms with Crippen molar-refractivity contribution in [3.8, 4) is 11.8 Å². The third-order valence-corrected chi connectivity index (χ3v) is 2.75. The fourth-order valence-corrected chi connectivity index (χ4v) is 1.93. The summed E-state index contributed by atoms with van der Waals surface area (Å²) in [7, 11) is 0. The van der Waals surface area contributed by atoms with Gasteiger partial charge in [0.1, 0.15) is 5.78 Å². The van der Waals surface area contributed by atoms with Gasteiger partial charge in [0.25, 0.3) is 0 Å². The quantitative estimate of drug-likeness (QED) is 0.316. The highest BCUT2D eigenvalue weighted by Gasteiger charge is 2.23. The predicted molar refractivity (Wildman–Crippen MR) is 60.6 cm³/mol. The lowest BCUT2D eigenvalue weighted by molar-refractivity contribution is -0.136. The number of carbonyl (C=O) groups is 2. The maximum Gasteiger partial charge on any atom is 0.384 e. The van der Waals surface area contributed by atoms with Crippen molar-refractivity contribution in [3.05, 3.63) is 0 Å². The molecule has 1 saturated carbocycles. The van der Waals surface area contributed by atoms with Crippen LogP contribution in [0.2, 0.25) is 0 Å². The largest absolute Gasteiger partial charge is 0.456 e. The van der Waals surface area contributed by atoms with E-state index in [-0.39, 0.29) is 5.92 Å². The smallest absolute Gasteiger partial charge is 0.384 e. The van der Waals surface area contributed by atoms with Crippen LogP contribution in [0.4, 0.5) is 0 Å². The highest BCUT2D eigenvalue weighted by Crippen LogP contribution is 2.25. The molecule has 0 radical (unpaired) electrons. The molecule has 0 aromatic rings. The summed E-state index contributed by atoms with van der Waals surface area (Å²) in [6.07, 6.45) is 5.29. The first-order chi connectivity index (χ1) is 7.74. The Morgan fingerprint density at radius 2 is 2.38 bits per heavy atom. The molecule has 0 N–H and O–H groups in total. The summed E-state index contributed by atoms with van der Waals surface area (Å²) in [6.45, 7) is 2.12. The Morgan fingerprint density at radius 3 is 3.00 bits per heavy atom. The number of carbonyl (C=O) groups excluding carboxylic acids is 2. The van der Waals surface area contributed by atoms with Crippen molar-refractivity contribution in [2.75, 3.05) is 6.61 Å². The average molecular weight is 222 g/mol. The van der Waals surface area contributed by atoms with E-state index in [9.17, 15) is 9.59 Å². The van der Waals surface area contributed by atoms with E-state index in [2.05, 4.69) is 16.6 Å². The van der Waals surface area contributed by atoms with E-state index in [0.29, 0.717) is 18.8 Å². The molecular weight excluding hydrogens is 204 g/mol. The van der Waals surface area contributed by atoms with E-state index in [1.165, 1.54) is 0 Å². The molecule has 3 heteroatoms. The number of ketones is 1. The van der Waals surface area contributed by atoms with Gasteiger partial charge >= 0.3 is 5.97 Å². The summed E-state index contributed by atoms with van der Waals surface area (Å²) < 4.78 is 4.67. The third kappa shape index (κ3) is 4.48. The van der Waals surface area contributed by atoms with Crippen LogP contribution >= 0.6 is 0 Å². The van der Waals surface area contributed by atoms with E-state index in [0.717, 1.165) is 32.1 Å². The maximum atomic E-state index is 11.3. The molecule has 1 aliphatic carbocycles. The minimum atomic E-state index is -0.459. The number of ether oxygens (including phenoxy) is 1. The number of hydrogen-bond donors (Lipinski definition) is 0. The highest BCUT2D eigenvalue weighted by atomic mass is 16.5. The first-order valence-corrected chi connectivity index (χ1v) is 5.92. The summed E-state index contributed by atoms with van der Waals surface area (Å²) in [5.74, 6) is 5.39. The minimum Gasteiger partial charge on any atom is -0.456 e. The molecule has 0 bridgehead atoms. The van der Waals surface area contributed by atoms with E-state index in [1.54, 1.807) is 6.92 Å². The van der Waals surface area contributed by atoms with Crippen LogP contribution in [-0.4, -0.2) is 18.4 Å². The lowest BCUT2D eigenvalue weighted by Crippen LogP contribution is -2.05. The molecule has 1 rings (SSSR count). The molecule has 0 aromatic carbocycles. The molecule has 1 unspecified atom stereocenters. The Hall–Kier alpha value is -1.30. The van der Waals surface area contributed by atoms with E-state index in [4.69, 9.17) is 0 Å². The summed E-state index contributed by atoms with van der Waals surface area (Å²) in [6, 6.07) is 0. The summed E-state index contributed by atoms with van der Waals surface area (Å²) >= 11 is 0. The molecule has 1 fully saturated rings. The maximum absolute atomic E-state index is 11.3. The van der Waals surface area contributed by atoms with Crippen molar-refractivity contribution in [1.82, 2.24) is 0 Å². The van der Waals surface area contributed by atoms with E-state index in [1.807, 2.05) is 0 Å². The van der Waals surface area contributed by atoms with Crippen molar-refractivity contribution in [2.45, 2.75) is 45.4 Å². The topological polar surface area (TPSA) is 43.4 Å². The molecule has 1 atom stereocenters. The van der Waals surface area contributed by atoms with Crippen LogP contribution in [-0.2, 0) is 14.3 Å². The van der Waals surface area contributed by atoms with Crippen molar-refractivity contribution in [2.24, 2.45) is 5.92 Å².